The number of nitrogens with zero attached hydrogens (tertiary/aromatic N) is 2. The van der Waals surface area contributed by atoms with Crippen LogP contribution >= 0.6 is 11.6 Å². The van der Waals surface area contributed by atoms with Crippen LogP contribution in [0.3, 0.4) is 0 Å². The molecule has 0 saturated heterocycles. The van der Waals surface area contributed by atoms with Gasteiger partial charge in [-0.25, -0.2) is 4.79 Å². The van der Waals surface area contributed by atoms with E-state index in [0.29, 0.717) is 10.6 Å². The van der Waals surface area contributed by atoms with Gasteiger partial charge in [0.15, 0.2) is 0 Å². The summed E-state index contributed by atoms with van der Waals surface area (Å²) in [6.07, 6.45) is -4.45. The third kappa shape index (κ3) is 3.98. The van der Waals surface area contributed by atoms with Crippen molar-refractivity contribution in [2.45, 2.75) is 12.7 Å². The first kappa shape index (κ1) is 19.0. The molecule has 0 aliphatic heterocycles. The molecule has 0 amide bonds. The van der Waals surface area contributed by atoms with Gasteiger partial charge in [-0.05, 0) is 35.4 Å². The normalized spacial score (nSPS) is 11.6. The molecule has 0 saturated carbocycles. The van der Waals surface area contributed by atoms with Gasteiger partial charge in [-0.2, -0.15) is 13.2 Å². The fourth-order valence-corrected chi connectivity index (χ4v) is 2.82. The van der Waals surface area contributed by atoms with Crippen molar-refractivity contribution in [1.29, 1.82) is 0 Å². The first-order chi connectivity index (χ1) is 12.7. The summed E-state index contributed by atoms with van der Waals surface area (Å²) in [5.74, 6) is 0. The van der Waals surface area contributed by atoms with Crippen molar-refractivity contribution in [1.82, 2.24) is 9.13 Å². The molecule has 27 heavy (non-hydrogen) atoms. The Labute approximate surface area is 157 Å². The van der Waals surface area contributed by atoms with E-state index in [1.54, 1.807) is 24.3 Å². The summed E-state index contributed by atoms with van der Waals surface area (Å²) in [5.41, 5.74) is -0.590. The average Bonchev–Trinajstić information content (AvgIpc) is 2.63. The maximum atomic E-state index is 12.7. The number of benzene rings is 2. The van der Waals surface area contributed by atoms with Crippen molar-refractivity contribution in [3.63, 3.8) is 0 Å². The lowest BCUT2D eigenvalue weighted by Gasteiger charge is -2.13. The summed E-state index contributed by atoms with van der Waals surface area (Å²) >= 11 is 5.83. The number of rotatable bonds is 3. The third-order valence-electron chi connectivity index (χ3n) is 4.17. The highest BCUT2D eigenvalue weighted by Gasteiger charge is 2.30. The Hall–Kier alpha value is -2.80. The lowest BCUT2D eigenvalue weighted by atomic mass is 10.1. The van der Waals surface area contributed by atoms with Crippen LogP contribution in [-0.4, -0.2) is 9.13 Å². The number of hydrogen-bond acceptors (Lipinski definition) is 2. The van der Waals surface area contributed by atoms with E-state index in [1.165, 1.54) is 29.8 Å². The SMILES string of the molecule is Cn1c(-c2ccc(C(F)(F)F)cc2)cc(=O)n(Cc2ccc(Cl)cc2)c1=O. The molecule has 3 rings (SSSR count). The largest absolute Gasteiger partial charge is 0.416 e. The summed E-state index contributed by atoms with van der Waals surface area (Å²) in [7, 11) is 1.47. The molecule has 8 heteroatoms. The Kier molecular flexibility index (Phi) is 4.97. The molecule has 4 nitrogen and oxygen atoms in total. The zero-order valence-electron chi connectivity index (χ0n) is 14.1. The van der Waals surface area contributed by atoms with Gasteiger partial charge in [-0.1, -0.05) is 35.9 Å². The molecule has 0 atom stereocenters. The van der Waals surface area contributed by atoms with E-state index < -0.39 is 23.0 Å². The molecule has 1 aromatic heterocycles. The quantitative estimate of drug-likeness (QED) is 0.675. The first-order valence-electron chi connectivity index (χ1n) is 7.90. The average molecular weight is 395 g/mol. The van der Waals surface area contributed by atoms with Crippen molar-refractivity contribution in [2.24, 2.45) is 7.05 Å². The second-order valence-corrected chi connectivity index (χ2v) is 6.43. The number of halogens is 4. The minimum Gasteiger partial charge on any atom is -0.296 e. The van der Waals surface area contributed by atoms with E-state index in [-0.39, 0.29) is 12.2 Å². The molecule has 2 aromatic carbocycles. The fraction of sp³-hybridized carbons (Fsp3) is 0.158. The van der Waals surface area contributed by atoms with Gasteiger partial charge in [0, 0.05) is 18.1 Å². The highest BCUT2D eigenvalue weighted by atomic mass is 35.5. The van der Waals surface area contributed by atoms with Gasteiger partial charge < -0.3 is 0 Å². The van der Waals surface area contributed by atoms with Crippen LogP contribution in [0.25, 0.3) is 11.3 Å². The predicted octanol–water partition coefficient (Wildman–Crippen LogP) is 3.93. The predicted molar refractivity (Wildman–Crippen MR) is 96.9 cm³/mol. The Morgan fingerprint density at radius 3 is 2.11 bits per heavy atom. The van der Waals surface area contributed by atoms with E-state index in [1.807, 2.05) is 0 Å². The van der Waals surface area contributed by atoms with Crippen LogP contribution in [0.1, 0.15) is 11.1 Å². The van der Waals surface area contributed by atoms with E-state index in [2.05, 4.69) is 0 Å². The lowest BCUT2D eigenvalue weighted by Crippen LogP contribution is -2.39. The molecule has 0 radical (unpaired) electrons. The Bertz CT molecular complexity index is 1080. The summed E-state index contributed by atoms with van der Waals surface area (Å²) < 4.78 is 40.4. The lowest BCUT2D eigenvalue weighted by molar-refractivity contribution is -0.137. The topological polar surface area (TPSA) is 44.0 Å². The van der Waals surface area contributed by atoms with Crippen molar-refractivity contribution >= 4 is 11.6 Å². The second kappa shape index (κ2) is 7.08. The monoisotopic (exact) mass is 394 g/mol. The maximum Gasteiger partial charge on any atom is 0.416 e. The fourth-order valence-electron chi connectivity index (χ4n) is 2.69. The molecule has 0 N–H and O–H groups in total. The summed E-state index contributed by atoms with van der Waals surface area (Å²) in [4.78, 5) is 25.0. The standard InChI is InChI=1S/C19H14ClF3N2O2/c1-24-16(13-4-6-14(7-5-13)19(21,22)23)10-17(26)25(18(24)27)11-12-2-8-15(20)9-3-12/h2-10H,11H2,1H3. The highest BCUT2D eigenvalue weighted by Crippen LogP contribution is 2.30. The smallest absolute Gasteiger partial charge is 0.296 e. The van der Waals surface area contributed by atoms with Crippen LogP contribution in [0.5, 0.6) is 0 Å². The molecule has 0 bridgehead atoms. The zero-order valence-corrected chi connectivity index (χ0v) is 14.9. The molecule has 3 aromatic rings. The molecule has 0 spiro atoms. The second-order valence-electron chi connectivity index (χ2n) is 6.00. The van der Waals surface area contributed by atoms with Crippen LogP contribution in [0.2, 0.25) is 5.02 Å². The van der Waals surface area contributed by atoms with E-state index in [9.17, 15) is 22.8 Å². The molecule has 0 fully saturated rings. The van der Waals surface area contributed by atoms with Crippen LogP contribution in [-0.2, 0) is 19.8 Å². The van der Waals surface area contributed by atoms with Gasteiger partial charge in [-0.15, -0.1) is 0 Å². The minimum atomic E-state index is -4.45. The Morgan fingerprint density at radius 1 is 0.963 bits per heavy atom. The minimum absolute atomic E-state index is 0.0654. The molecule has 1 heterocycles. The number of aromatic nitrogens is 2. The molecule has 0 unspecified atom stereocenters. The molecule has 140 valence electrons. The van der Waals surface area contributed by atoms with Gasteiger partial charge >= 0.3 is 11.9 Å². The van der Waals surface area contributed by atoms with Gasteiger partial charge in [0.2, 0.25) is 0 Å². The summed E-state index contributed by atoms with van der Waals surface area (Å²) in [5, 5.41) is 0.539. The highest BCUT2D eigenvalue weighted by molar-refractivity contribution is 6.30. The van der Waals surface area contributed by atoms with Crippen LogP contribution in [0.4, 0.5) is 13.2 Å². The summed E-state index contributed by atoms with van der Waals surface area (Å²) in [6.45, 7) is 0.0654. The van der Waals surface area contributed by atoms with Gasteiger partial charge in [0.1, 0.15) is 0 Å². The van der Waals surface area contributed by atoms with E-state index >= 15 is 0 Å². The number of alkyl halides is 3. The molecule has 0 aliphatic rings. The Balaban J connectivity index is 2.01. The van der Waals surface area contributed by atoms with Crippen LogP contribution < -0.4 is 11.2 Å². The van der Waals surface area contributed by atoms with Crippen LogP contribution in [0.15, 0.2) is 64.2 Å². The van der Waals surface area contributed by atoms with E-state index in [4.69, 9.17) is 11.6 Å². The maximum absolute atomic E-state index is 12.7. The van der Waals surface area contributed by atoms with E-state index in [0.717, 1.165) is 22.3 Å². The van der Waals surface area contributed by atoms with Crippen LogP contribution in [0, 0.1) is 0 Å². The molecular formula is C19H14ClF3N2O2. The zero-order chi connectivity index (χ0) is 19.8. The van der Waals surface area contributed by atoms with Gasteiger partial charge in [-0.3, -0.25) is 13.9 Å². The van der Waals surface area contributed by atoms with Crippen molar-refractivity contribution in [3.8, 4) is 11.3 Å². The number of hydrogen-bond donors (Lipinski definition) is 0. The van der Waals surface area contributed by atoms with Gasteiger partial charge in [0.25, 0.3) is 5.56 Å². The molecular weight excluding hydrogens is 381 g/mol. The summed E-state index contributed by atoms with van der Waals surface area (Å²) in [6, 6.07) is 12.3. The van der Waals surface area contributed by atoms with Crippen molar-refractivity contribution < 1.29 is 13.2 Å². The first-order valence-corrected chi connectivity index (χ1v) is 8.27. The Morgan fingerprint density at radius 2 is 1.56 bits per heavy atom. The van der Waals surface area contributed by atoms with Crippen molar-refractivity contribution in [3.05, 3.63) is 91.6 Å². The van der Waals surface area contributed by atoms with Gasteiger partial charge in [0.05, 0.1) is 17.8 Å². The molecule has 0 aliphatic carbocycles. The van der Waals surface area contributed by atoms with Crippen molar-refractivity contribution in [2.75, 3.05) is 0 Å². The third-order valence-corrected chi connectivity index (χ3v) is 4.42.